The van der Waals surface area contributed by atoms with E-state index in [4.69, 9.17) is 14.2 Å². The number of rotatable bonds is 24. The predicted octanol–water partition coefficient (Wildman–Crippen LogP) is 6.39. The molecular formula is C41H67N3O8. The van der Waals surface area contributed by atoms with Crippen molar-refractivity contribution in [2.75, 3.05) is 52.3 Å². The number of aliphatic hydroxyl groups excluding tert-OH is 1. The molecule has 0 heterocycles. The Morgan fingerprint density at radius 3 is 2.19 bits per heavy atom. The summed E-state index contributed by atoms with van der Waals surface area (Å²) < 4.78 is 16.4. The molecule has 0 aliphatic carbocycles. The average molecular weight is 730 g/mol. The summed E-state index contributed by atoms with van der Waals surface area (Å²) in [5, 5.41) is 28.2. The molecular weight excluding hydrogens is 662 g/mol. The number of nitrogens with zero attached hydrogens (tertiary/aromatic N) is 2. The Morgan fingerprint density at radius 1 is 0.923 bits per heavy atom. The lowest BCUT2D eigenvalue weighted by molar-refractivity contribution is -0.165. The predicted molar refractivity (Wildman–Crippen MR) is 207 cm³/mol. The van der Waals surface area contributed by atoms with Crippen LogP contribution >= 0.6 is 0 Å². The summed E-state index contributed by atoms with van der Waals surface area (Å²) in [5.41, 5.74) is -0.893. The SMILES string of the molecule is CCOC(=O)CCN(CCN(C[C@H](C)C[C@H](C)C[C@@H](C)[C@H](OC)C(C)C=O)C(C)C(O)[C@](C)(O)[C@@H](CC)OC)C(=O)Nc1ccc2ccccc2c1. The van der Waals surface area contributed by atoms with Gasteiger partial charge < -0.3 is 39.4 Å². The van der Waals surface area contributed by atoms with Gasteiger partial charge >= 0.3 is 12.0 Å². The van der Waals surface area contributed by atoms with Crippen LogP contribution in [0.4, 0.5) is 10.5 Å². The summed E-state index contributed by atoms with van der Waals surface area (Å²) >= 11 is 0. The molecule has 0 aromatic heterocycles. The van der Waals surface area contributed by atoms with Gasteiger partial charge in [-0.05, 0) is 80.7 Å². The van der Waals surface area contributed by atoms with E-state index in [-0.39, 0.29) is 62.0 Å². The van der Waals surface area contributed by atoms with E-state index in [2.05, 4.69) is 31.0 Å². The van der Waals surface area contributed by atoms with Gasteiger partial charge in [-0.1, -0.05) is 65.0 Å². The third-order valence-corrected chi connectivity index (χ3v) is 10.5. The lowest BCUT2D eigenvalue weighted by Crippen LogP contribution is -2.59. The third-order valence-electron chi connectivity index (χ3n) is 10.5. The van der Waals surface area contributed by atoms with Gasteiger partial charge in [-0.3, -0.25) is 9.69 Å². The van der Waals surface area contributed by atoms with Crippen LogP contribution in [0.15, 0.2) is 42.5 Å². The number of urea groups is 1. The number of hydrogen-bond donors (Lipinski definition) is 3. The van der Waals surface area contributed by atoms with Crippen LogP contribution in [0, 0.1) is 23.7 Å². The van der Waals surface area contributed by atoms with Gasteiger partial charge in [-0.2, -0.15) is 0 Å². The minimum Gasteiger partial charge on any atom is -0.466 e. The van der Waals surface area contributed by atoms with Crippen molar-refractivity contribution in [3.8, 4) is 0 Å². The topological polar surface area (TPSA) is 138 Å². The Kier molecular flexibility index (Phi) is 19.2. The molecule has 0 saturated heterocycles. The van der Waals surface area contributed by atoms with Crippen LogP contribution < -0.4 is 5.32 Å². The molecule has 294 valence electrons. The first-order valence-corrected chi connectivity index (χ1v) is 19.0. The fourth-order valence-electron chi connectivity index (χ4n) is 7.72. The number of esters is 1. The van der Waals surface area contributed by atoms with E-state index in [0.717, 1.165) is 29.9 Å². The van der Waals surface area contributed by atoms with E-state index in [9.17, 15) is 24.6 Å². The van der Waals surface area contributed by atoms with E-state index in [1.165, 1.54) is 7.11 Å². The molecule has 0 bridgehead atoms. The van der Waals surface area contributed by atoms with Crippen molar-refractivity contribution >= 4 is 34.7 Å². The molecule has 2 aromatic carbocycles. The Hall–Kier alpha value is -3.09. The number of aliphatic hydroxyl groups is 2. The molecule has 11 heteroatoms. The summed E-state index contributed by atoms with van der Waals surface area (Å²) in [7, 11) is 3.18. The first kappa shape index (κ1) is 45.1. The van der Waals surface area contributed by atoms with Crippen molar-refractivity contribution in [3.63, 3.8) is 0 Å². The number of benzene rings is 2. The number of nitrogens with one attached hydrogen (secondary N) is 1. The van der Waals surface area contributed by atoms with Crippen LogP contribution in [0.1, 0.15) is 81.1 Å². The van der Waals surface area contributed by atoms with Crippen molar-refractivity contribution in [3.05, 3.63) is 42.5 Å². The maximum absolute atomic E-state index is 13.8. The second-order valence-corrected chi connectivity index (χ2v) is 14.9. The van der Waals surface area contributed by atoms with Crippen LogP contribution in [-0.2, 0) is 23.8 Å². The maximum Gasteiger partial charge on any atom is 0.321 e. The third kappa shape index (κ3) is 13.4. The van der Waals surface area contributed by atoms with E-state index < -0.39 is 23.9 Å². The number of carbonyl (C=O) groups is 3. The number of methoxy groups -OCH3 is 2. The smallest absolute Gasteiger partial charge is 0.321 e. The number of aldehydes is 1. The molecule has 2 rings (SSSR count). The highest BCUT2D eigenvalue weighted by molar-refractivity contribution is 5.93. The zero-order valence-corrected chi connectivity index (χ0v) is 33.3. The van der Waals surface area contributed by atoms with Gasteiger partial charge in [0, 0.05) is 58.0 Å². The monoisotopic (exact) mass is 729 g/mol. The summed E-state index contributed by atoms with van der Waals surface area (Å²) in [6.45, 7) is 17.2. The lowest BCUT2D eigenvalue weighted by Gasteiger charge is -2.43. The molecule has 3 unspecified atom stereocenters. The molecule has 0 fully saturated rings. The van der Waals surface area contributed by atoms with E-state index in [1.807, 2.05) is 63.2 Å². The molecule has 0 spiro atoms. The molecule has 9 atom stereocenters. The van der Waals surface area contributed by atoms with Crippen molar-refractivity contribution in [1.82, 2.24) is 9.80 Å². The fourth-order valence-corrected chi connectivity index (χ4v) is 7.72. The van der Waals surface area contributed by atoms with Gasteiger partial charge in [0.15, 0.2) is 0 Å². The molecule has 3 N–H and O–H groups in total. The fraction of sp³-hybridized carbons (Fsp3) is 0.683. The minimum absolute atomic E-state index is 0.0369. The Bertz CT molecular complexity index is 1370. The second kappa shape index (κ2) is 22.2. The minimum atomic E-state index is -1.53. The Balaban J connectivity index is 2.32. The van der Waals surface area contributed by atoms with Gasteiger partial charge in [0.05, 0.1) is 25.2 Å². The Morgan fingerprint density at radius 2 is 1.60 bits per heavy atom. The molecule has 0 aliphatic rings. The first-order chi connectivity index (χ1) is 24.6. The highest BCUT2D eigenvalue weighted by Gasteiger charge is 2.43. The Labute approximate surface area is 312 Å². The highest BCUT2D eigenvalue weighted by Crippen LogP contribution is 2.29. The lowest BCUT2D eigenvalue weighted by atomic mass is 9.83. The largest absolute Gasteiger partial charge is 0.466 e. The van der Waals surface area contributed by atoms with Crippen LogP contribution in [0.5, 0.6) is 0 Å². The van der Waals surface area contributed by atoms with Gasteiger partial charge in [0.2, 0.25) is 0 Å². The summed E-state index contributed by atoms with van der Waals surface area (Å²) in [4.78, 5) is 41.4. The summed E-state index contributed by atoms with van der Waals surface area (Å²) in [6.07, 6.45) is 1.37. The zero-order valence-electron chi connectivity index (χ0n) is 33.3. The standard InChI is InChI=1S/C41H67N3O8/c1-11-36(50-9)41(8,49)39(47)32(7)44(26-29(4)23-28(3)24-30(5)38(51-10)31(6)27-45)22-21-43(20-19-37(46)52-12-2)40(48)42-35-18-17-33-15-13-14-16-34(33)25-35/h13-18,25,27-32,36,38-39,47,49H,11-12,19-24,26H2,1-10H3,(H,42,48)/t28-,29+,30+,31?,32?,36+,38-,39?,41+/m0/s1. The number of fused-ring (bicyclic) bond motifs is 1. The van der Waals surface area contributed by atoms with Crippen LogP contribution in [0.3, 0.4) is 0 Å². The van der Waals surface area contributed by atoms with Gasteiger partial charge in [-0.25, -0.2) is 4.79 Å². The van der Waals surface area contributed by atoms with E-state index >= 15 is 0 Å². The summed E-state index contributed by atoms with van der Waals surface area (Å²) in [5.74, 6) is 0.129. The van der Waals surface area contributed by atoms with Crippen LogP contribution in [0.2, 0.25) is 0 Å². The van der Waals surface area contributed by atoms with Gasteiger partial charge in [0.1, 0.15) is 18.0 Å². The van der Waals surface area contributed by atoms with Gasteiger partial charge in [0.25, 0.3) is 0 Å². The molecule has 2 aromatic rings. The van der Waals surface area contributed by atoms with E-state index in [0.29, 0.717) is 31.1 Å². The van der Waals surface area contributed by atoms with E-state index in [1.54, 1.807) is 25.9 Å². The molecule has 0 saturated carbocycles. The maximum atomic E-state index is 13.8. The number of carbonyl (C=O) groups excluding carboxylic acids is 3. The zero-order chi connectivity index (χ0) is 39.0. The molecule has 0 radical (unpaired) electrons. The highest BCUT2D eigenvalue weighted by atomic mass is 16.5. The number of ether oxygens (including phenoxy) is 3. The normalized spacial score (nSPS) is 17.6. The van der Waals surface area contributed by atoms with Crippen LogP contribution in [0.25, 0.3) is 10.8 Å². The number of anilines is 1. The van der Waals surface area contributed by atoms with Crippen molar-refractivity contribution < 1.29 is 38.8 Å². The van der Waals surface area contributed by atoms with Crippen LogP contribution in [-0.4, -0.2) is 115 Å². The summed E-state index contributed by atoms with van der Waals surface area (Å²) in [6, 6.07) is 12.8. The first-order valence-electron chi connectivity index (χ1n) is 19.0. The molecule has 11 nitrogen and oxygen atoms in total. The quantitative estimate of drug-likeness (QED) is 0.0829. The van der Waals surface area contributed by atoms with Crippen molar-refractivity contribution in [2.24, 2.45) is 23.7 Å². The number of hydrogen-bond acceptors (Lipinski definition) is 9. The number of amides is 2. The van der Waals surface area contributed by atoms with Crippen molar-refractivity contribution in [1.29, 1.82) is 0 Å². The van der Waals surface area contributed by atoms with Crippen molar-refractivity contribution in [2.45, 2.75) is 111 Å². The van der Waals surface area contributed by atoms with Gasteiger partial charge in [-0.15, -0.1) is 0 Å². The molecule has 52 heavy (non-hydrogen) atoms. The molecule has 0 aliphatic heterocycles. The molecule has 2 amide bonds. The second-order valence-electron chi connectivity index (χ2n) is 14.9. The average Bonchev–Trinajstić information content (AvgIpc) is 3.10.